The molecule has 76 valence electrons. The molecule has 0 saturated carbocycles. The topological polar surface area (TPSA) is 98.8 Å². The monoisotopic (exact) mass is 193 g/mol. The Labute approximate surface area is 74.3 Å². The summed E-state index contributed by atoms with van der Waals surface area (Å²) < 4.78 is 0. The van der Waals surface area contributed by atoms with Crippen LogP contribution in [0.3, 0.4) is 0 Å². The summed E-state index contributed by atoms with van der Waals surface area (Å²) in [5.41, 5.74) is 0. The van der Waals surface area contributed by atoms with Crippen molar-refractivity contribution in [2.45, 2.75) is 20.0 Å². The highest BCUT2D eigenvalue weighted by molar-refractivity contribution is 4.50. The zero-order chi connectivity index (χ0) is 10.4. The third-order valence-electron chi connectivity index (χ3n) is 1.33. The second-order valence-corrected chi connectivity index (χ2v) is 2.38. The molecule has 0 heterocycles. The molecule has 13 heavy (non-hydrogen) atoms. The fraction of sp³-hybridized carbons (Fsp3) is 1.00. The molecule has 8 nitrogen and oxygen atoms in total. The van der Waals surface area contributed by atoms with Gasteiger partial charge < -0.3 is 4.84 Å². The summed E-state index contributed by atoms with van der Waals surface area (Å²) in [4.78, 5) is 24.2. The van der Waals surface area contributed by atoms with Crippen LogP contribution in [0.2, 0.25) is 0 Å². The van der Waals surface area contributed by atoms with Crippen molar-refractivity contribution < 1.29 is 15.0 Å². The summed E-state index contributed by atoms with van der Waals surface area (Å²) in [6.07, 6.45) is -0.805. The van der Waals surface area contributed by atoms with Gasteiger partial charge in [0.2, 0.25) is 0 Å². The maximum absolute atomic E-state index is 10.3. The molecule has 0 fully saturated rings. The molecule has 0 aromatic carbocycles. The van der Waals surface area contributed by atoms with E-state index in [0.717, 1.165) is 5.01 Å². The van der Waals surface area contributed by atoms with E-state index < -0.39 is 16.2 Å². The maximum atomic E-state index is 10.3. The molecule has 0 aromatic rings. The van der Waals surface area contributed by atoms with E-state index >= 15 is 0 Å². The highest BCUT2D eigenvalue weighted by atomic mass is 17.0. The first kappa shape index (κ1) is 11.4. The molecule has 0 bridgehead atoms. The van der Waals surface area contributed by atoms with Gasteiger partial charge in [-0.3, -0.25) is 0 Å². The summed E-state index contributed by atoms with van der Waals surface area (Å²) in [5.74, 6) is 0. The van der Waals surface area contributed by atoms with Crippen LogP contribution in [-0.2, 0) is 4.84 Å². The van der Waals surface area contributed by atoms with Crippen LogP contribution >= 0.6 is 0 Å². The van der Waals surface area contributed by atoms with Crippen molar-refractivity contribution in [3.8, 4) is 0 Å². The fourth-order valence-electron chi connectivity index (χ4n) is 0.788. The third kappa shape index (κ3) is 4.77. The number of nitrogens with zero attached hydrogens (tertiary/aromatic N) is 3. The summed E-state index contributed by atoms with van der Waals surface area (Å²) in [7, 11) is 0. The van der Waals surface area contributed by atoms with Crippen molar-refractivity contribution in [3.05, 3.63) is 20.2 Å². The molecule has 0 spiro atoms. The Hall–Kier alpha value is -1.60. The second-order valence-electron chi connectivity index (χ2n) is 2.38. The highest BCUT2D eigenvalue weighted by Gasteiger charge is 2.17. The van der Waals surface area contributed by atoms with E-state index in [2.05, 4.69) is 4.84 Å². The maximum Gasteiger partial charge on any atom is 0.294 e. The second kappa shape index (κ2) is 5.12. The zero-order valence-corrected chi connectivity index (χ0v) is 7.37. The van der Waals surface area contributed by atoms with Crippen LogP contribution in [-0.4, -0.2) is 34.3 Å². The first-order chi connectivity index (χ1) is 5.97. The van der Waals surface area contributed by atoms with Gasteiger partial charge in [0.1, 0.15) is 12.6 Å². The van der Waals surface area contributed by atoms with Gasteiger partial charge in [-0.05, 0) is 13.8 Å². The summed E-state index contributed by atoms with van der Waals surface area (Å²) >= 11 is 0. The molecule has 0 saturated heterocycles. The Bertz CT molecular complexity index is 197. The fourth-order valence-corrected chi connectivity index (χ4v) is 0.788. The van der Waals surface area contributed by atoms with Crippen molar-refractivity contribution >= 4 is 0 Å². The SMILES string of the molecule is CCN(CC(C)O[N+](=O)[O-])[N+](=O)[O-]. The Kier molecular flexibility index (Phi) is 4.49. The van der Waals surface area contributed by atoms with Gasteiger partial charge in [-0.15, -0.1) is 15.1 Å². The van der Waals surface area contributed by atoms with Gasteiger partial charge in [-0.25, -0.2) is 10.1 Å². The standard InChI is InChI=1S/C5H11N3O5/c1-3-6(7(9)10)4-5(2)13-8(11)12/h5H,3-4H2,1-2H3. The van der Waals surface area contributed by atoms with Crippen molar-refractivity contribution in [1.29, 1.82) is 0 Å². The average Bonchev–Trinajstić information content (AvgIpc) is 1.98. The predicted molar refractivity (Wildman–Crippen MR) is 41.8 cm³/mol. The number of hydrogen-bond acceptors (Lipinski definition) is 5. The van der Waals surface area contributed by atoms with Gasteiger partial charge in [-0.2, -0.15) is 0 Å². The van der Waals surface area contributed by atoms with Gasteiger partial charge in [0, 0.05) is 0 Å². The number of likely N-dealkylation sites (N-methyl/N-ethyl adjacent to an activating group) is 1. The third-order valence-corrected chi connectivity index (χ3v) is 1.33. The molecule has 0 aromatic heterocycles. The molecule has 0 aliphatic rings. The van der Waals surface area contributed by atoms with E-state index in [1.54, 1.807) is 6.92 Å². The van der Waals surface area contributed by atoms with Crippen LogP contribution in [0.1, 0.15) is 13.8 Å². The van der Waals surface area contributed by atoms with Crippen LogP contribution < -0.4 is 0 Å². The summed E-state index contributed by atoms with van der Waals surface area (Å²) in [6.45, 7) is 3.06. The van der Waals surface area contributed by atoms with E-state index in [1.165, 1.54) is 6.92 Å². The summed E-state index contributed by atoms with van der Waals surface area (Å²) in [5, 5.41) is 19.4. The Morgan fingerprint density at radius 2 is 2.00 bits per heavy atom. The lowest BCUT2D eigenvalue weighted by molar-refractivity contribution is -0.771. The van der Waals surface area contributed by atoms with E-state index in [1.807, 2.05) is 0 Å². The quantitative estimate of drug-likeness (QED) is 0.438. The lowest BCUT2D eigenvalue weighted by Gasteiger charge is -2.15. The van der Waals surface area contributed by atoms with Crippen molar-refractivity contribution in [1.82, 2.24) is 5.01 Å². The smallest absolute Gasteiger partial charge is 0.294 e. The van der Waals surface area contributed by atoms with Crippen LogP contribution in [0.25, 0.3) is 0 Å². The molecule has 0 rings (SSSR count). The number of hydrazine groups is 1. The van der Waals surface area contributed by atoms with Gasteiger partial charge in [-0.1, -0.05) is 0 Å². The minimum atomic E-state index is -0.960. The van der Waals surface area contributed by atoms with E-state index in [9.17, 15) is 20.2 Å². The molecular weight excluding hydrogens is 182 g/mol. The first-order valence-corrected chi connectivity index (χ1v) is 3.67. The number of rotatable bonds is 6. The molecular formula is C5H11N3O5. The lowest BCUT2D eigenvalue weighted by atomic mass is 10.4. The van der Waals surface area contributed by atoms with Crippen LogP contribution in [0.5, 0.6) is 0 Å². The van der Waals surface area contributed by atoms with Crippen molar-refractivity contribution in [3.63, 3.8) is 0 Å². The molecule has 0 amide bonds. The van der Waals surface area contributed by atoms with Gasteiger partial charge in [0.05, 0.1) is 6.54 Å². The highest BCUT2D eigenvalue weighted by Crippen LogP contribution is 1.96. The van der Waals surface area contributed by atoms with Crippen molar-refractivity contribution in [2.75, 3.05) is 13.1 Å². The van der Waals surface area contributed by atoms with Crippen LogP contribution in [0, 0.1) is 20.2 Å². The first-order valence-electron chi connectivity index (χ1n) is 3.67. The zero-order valence-electron chi connectivity index (χ0n) is 7.37. The van der Waals surface area contributed by atoms with Gasteiger partial charge in [0.25, 0.3) is 5.09 Å². The minimum Gasteiger partial charge on any atom is -0.309 e. The molecule has 0 aliphatic carbocycles. The van der Waals surface area contributed by atoms with Crippen LogP contribution in [0.4, 0.5) is 0 Å². The molecule has 0 aliphatic heterocycles. The molecule has 8 heteroatoms. The molecule has 0 radical (unpaired) electrons. The Morgan fingerprint density at radius 1 is 1.46 bits per heavy atom. The Morgan fingerprint density at radius 3 is 2.31 bits per heavy atom. The molecule has 1 unspecified atom stereocenters. The number of nitro groups is 1. The predicted octanol–water partition coefficient (Wildman–Crippen LogP) is 0.0968. The van der Waals surface area contributed by atoms with Gasteiger partial charge >= 0.3 is 0 Å². The lowest BCUT2D eigenvalue weighted by Crippen LogP contribution is -2.37. The average molecular weight is 193 g/mol. The normalized spacial score (nSPS) is 11.8. The van der Waals surface area contributed by atoms with E-state index in [-0.39, 0.29) is 13.1 Å². The largest absolute Gasteiger partial charge is 0.309 e. The molecule has 0 N–H and O–H groups in total. The summed E-state index contributed by atoms with van der Waals surface area (Å²) in [6, 6.07) is 0. The van der Waals surface area contributed by atoms with Crippen LogP contribution in [0.15, 0.2) is 0 Å². The molecule has 1 atom stereocenters. The van der Waals surface area contributed by atoms with E-state index in [4.69, 9.17) is 0 Å². The Balaban J connectivity index is 3.93. The van der Waals surface area contributed by atoms with E-state index in [0.29, 0.717) is 0 Å². The van der Waals surface area contributed by atoms with Crippen molar-refractivity contribution in [2.24, 2.45) is 0 Å². The minimum absolute atomic E-state index is 0.107. The number of hydrogen-bond donors (Lipinski definition) is 0. The van der Waals surface area contributed by atoms with Gasteiger partial charge in [0.15, 0.2) is 5.03 Å².